The number of para-hydroxylation sites is 2. The number of aryl methyl sites for hydroxylation is 1. The van der Waals surface area contributed by atoms with Crippen molar-refractivity contribution < 1.29 is 9.13 Å². The van der Waals surface area contributed by atoms with Gasteiger partial charge in [0, 0.05) is 24.9 Å². The molecule has 0 saturated heterocycles. The molecule has 0 unspecified atom stereocenters. The third-order valence-corrected chi connectivity index (χ3v) is 4.47. The second-order valence-corrected chi connectivity index (χ2v) is 6.45. The third kappa shape index (κ3) is 4.07. The van der Waals surface area contributed by atoms with E-state index in [1.807, 2.05) is 30.5 Å². The van der Waals surface area contributed by atoms with E-state index in [2.05, 4.69) is 19.7 Å². The van der Waals surface area contributed by atoms with Crippen LogP contribution < -0.4 is 15.2 Å². The number of hydrogen-bond acceptors (Lipinski definition) is 7. The van der Waals surface area contributed by atoms with E-state index in [9.17, 15) is 4.39 Å². The second kappa shape index (κ2) is 8.71. The lowest BCUT2D eigenvalue weighted by Gasteiger charge is -2.14. The van der Waals surface area contributed by atoms with Crippen LogP contribution in [0.4, 0.5) is 15.9 Å². The highest BCUT2D eigenvalue weighted by Crippen LogP contribution is 2.32. The Morgan fingerprint density at radius 3 is 2.68 bits per heavy atom. The smallest absolute Gasteiger partial charge is 0.151 e. The molecule has 0 spiro atoms. The van der Waals surface area contributed by atoms with Crippen molar-refractivity contribution in [1.82, 2.24) is 9.97 Å². The summed E-state index contributed by atoms with van der Waals surface area (Å²) < 4.78 is 23.9. The van der Waals surface area contributed by atoms with Crippen LogP contribution in [0.3, 0.4) is 0 Å². The molecule has 0 amide bonds. The number of anilines is 2. The van der Waals surface area contributed by atoms with Crippen LogP contribution in [0.1, 0.15) is 16.8 Å². The molecule has 0 aliphatic carbocycles. The molecule has 0 atom stereocenters. The largest absolute Gasteiger partial charge is 0.455 e. The van der Waals surface area contributed by atoms with Crippen LogP contribution >= 0.6 is 11.9 Å². The fraction of sp³-hybridized carbons (Fsp3) is 0.150. The first kappa shape index (κ1) is 19.6. The van der Waals surface area contributed by atoms with Gasteiger partial charge in [0.25, 0.3) is 0 Å². The molecule has 6 nitrogen and oxygen atoms in total. The zero-order chi connectivity index (χ0) is 20.1. The number of aromatic nitrogens is 2. The van der Waals surface area contributed by atoms with Gasteiger partial charge in [-0.3, -0.25) is 4.99 Å². The highest BCUT2D eigenvalue weighted by atomic mass is 32.2. The molecular formula is C20H20FN5OS. The molecule has 0 radical (unpaired) electrons. The van der Waals surface area contributed by atoms with Gasteiger partial charge in [-0.15, -0.1) is 0 Å². The van der Waals surface area contributed by atoms with E-state index in [0.29, 0.717) is 34.0 Å². The minimum Gasteiger partial charge on any atom is -0.455 e. The van der Waals surface area contributed by atoms with Gasteiger partial charge < -0.3 is 15.2 Å². The minimum atomic E-state index is -0.476. The molecule has 1 aromatic heterocycles. The molecule has 2 aromatic carbocycles. The van der Waals surface area contributed by atoms with E-state index in [4.69, 9.17) is 10.5 Å². The van der Waals surface area contributed by atoms with Crippen LogP contribution in [0, 0.1) is 12.7 Å². The van der Waals surface area contributed by atoms with Gasteiger partial charge in [-0.05, 0) is 31.2 Å². The van der Waals surface area contributed by atoms with E-state index in [1.165, 1.54) is 24.3 Å². The predicted octanol–water partition coefficient (Wildman–Crippen LogP) is 4.46. The van der Waals surface area contributed by atoms with Gasteiger partial charge >= 0.3 is 0 Å². The number of benzene rings is 2. The molecule has 3 rings (SSSR count). The molecule has 0 saturated carbocycles. The van der Waals surface area contributed by atoms with E-state index in [1.54, 1.807) is 26.1 Å². The topological polar surface area (TPSA) is 85.4 Å². The van der Waals surface area contributed by atoms with Crippen LogP contribution in [0.15, 0.2) is 53.8 Å². The number of hydrogen-bond donors (Lipinski definition) is 2. The van der Waals surface area contributed by atoms with Gasteiger partial charge in [0.15, 0.2) is 5.75 Å². The summed E-state index contributed by atoms with van der Waals surface area (Å²) in [4.78, 5) is 12.4. The SMILES string of the molecule is CN=C(c1ccc(Oc2ccccc2NSC)cc1F)c1c(C)ncnc1N. The first-order chi connectivity index (χ1) is 13.5. The van der Waals surface area contributed by atoms with Crippen molar-refractivity contribution in [2.24, 2.45) is 4.99 Å². The lowest BCUT2D eigenvalue weighted by molar-refractivity contribution is 0.479. The van der Waals surface area contributed by atoms with E-state index < -0.39 is 5.82 Å². The zero-order valence-electron chi connectivity index (χ0n) is 15.7. The van der Waals surface area contributed by atoms with Crippen LogP contribution in [-0.2, 0) is 0 Å². The number of nitrogens with one attached hydrogen (secondary N) is 1. The lowest BCUT2D eigenvalue weighted by atomic mass is 10.0. The number of nitrogen functional groups attached to an aromatic ring is 1. The van der Waals surface area contributed by atoms with Crippen LogP contribution in [0.25, 0.3) is 0 Å². The van der Waals surface area contributed by atoms with Gasteiger partial charge in [0.1, 0.15) is 23.7 Å². The summed E-state index contributed by atoms with van der Waals surface area (Å²) in [7, 11) is 1.58. The average molecular weight is 397 g/mol. The maximum Gasteiger partial charge on any atom is 0.151 e. The first-order valence-electron chi connectivity index (χ1n) is 8.45. The Hall–Kier alpha value is -3.13. The van der Waals surface area contributed by atoms with E-state index in [-0.39, 0.29) is 5.82 Å². The second-order valence-electron chi connectivity index (χ2n) is 5.84. The Kier molecular flexibility index (Phi) is 6.10. The quantitative estimate of drug-likeness (QED) is 0.472. The lowest BCUT2D eigenvalue weighted by Crippen LogP contribution is -2.13. The number of aliphatic imine (C=N–C) groups is 1. The summed E-state index contributed by atoms with van der Waals surface area (Å²) in [5.41, 5.74) is 8.62. The van der Waals surface area contributed by atoms with Gasteiger partial charge in [0.2, 0.25) is 0 Å². The van der Waals surface area contributed by atoms with Crippen molar-refractivity contribution in [3.63, 3.8) is 0 Å². The fourth-order valence-corrected chi connectivity index (χ4v) is 3.17. The van der Waals surface area contributed by atoms with E-state index in [0.717, 1.165) is 5.69 Å². The van der Waals surface area contributed by atoms with Gasteiger partial charge in [-0.2, -0.15) is 0 Å². The molecule has 1 heterocycles. The highest BCUT2D eigenvalue weighted by molar-refractivity contribution is 7.99. The Bertz CT molecular complexity index is 1000. The van der Waals surface area contributed by atoms with Crippen molar-refractivity contribution >= 4 is 29.2 Å². The van der Waals surface area contributed by atoms with Crippen molar-refractivity contribution in [1.29, 1.82) is 0 Å². The van der Waals surface area contributed by atoms with Crippen LogP contribution in [0.5, 0.6) is 11.5 Å². The van der Waals surface area contributed by atoms with E-state index >= 15 is 0 Å². The molecule has 28 heavy (non-hydrogen) atoms. The average Bonchev–Trinajstić information content (AvgIpc) is 2.67. The van der Waals surface area contributed by atoms with Crippen molar-refractivity contribution in [2.45, 2.75) is 6.92 Å². The van der Waals surface area contributed by atoms with Gasteiger partial charge in [0.05, 0.1) is 22.7 Å². The first-order valence-corrected chi connectivity index (χ1v) is 9.67. The summed E-state index contributed by atoms with van der Waals surface area (Å²) in [5.74, 6) is 0.756. The Balaban J connectivity index is 1.95. The maximum absolute atomic E-state index is 14.9. The summed E-state index contributed by atoms with van der Waals surface area (Å²) >= 11 is 1.45. The predicted molar refractivity (Wildman–Crippen MR) is 113 cm³/mol. The molecule has 0 aliphatic heterocycles. The third-order valence-electron chi connectivity index (χ3n) is 4.05. The number of nitrogens with zero attached hydrogens (tertiary/aromatic N) is 3. The molecule has 8 heteroatoms. The number of rotatable bonds is 6. The fourth-order valence-electron chi connectivity index (χ4n) is 2.78. The standard InChI is InChI=1S/C20H20FN5OS/c1-12-18(20(22)25-11-24-12)19(23-2)14-9-8-13(10-15(14)21)27-17-7-5-4-6-16(17)26-28-3/h4-11,26H,1-3H3,(H2,22,24,25). The number of halogens is 1. The Labute approximate surface area is 167 Å². The zero-order valence-corrected chi connectivity index (χ0v) is 16.5. The summed E-state index contributed by atoms with van der Waals surface area (Å²) in [6.45, 7) is 1.78. The normalized spacial score (nSPS) is 11.4. The van der Waals surface area contributed by atoms with Gasteiger partial charge in [-0.25, -0.2) is 14.4 Å². The van der Waals surface area contributed by atoms with Crippen molar-refractivity contribution in [3.8, 4) is 11.5 Å². The number of nitrogens with two attached hydrogens (primary N) is 1. The highest BCUT2D eigenvalue weighted by Gasteiger charge is 2.18. The molecule has 0 aliphatic rings. The molecule has 3 N–H and O–H groups in total. The molecular weight excluding hydrogens is 377 g/mol. The summed E-state index contributed by atoms with van der Waals surface area (Å²) in [6.07, 6.45) is 3.28. The van der Waals surface area contributed by atoms with Crippen molar-refractivity contribution in [3.05, 3.63) is 71.4 Å². The van der Waals surface area contributed by atoms with Gasteiger partial charge in [-0.1, -0.05) is 24.1 Å². The maximum atomic E-state index is 14.9. The summed E-state index contributed by atoms with van der Waals surface area (Å²) in [6, 6.07) is 12.1. The van der Waals surface area contributed by atoms with Crippen molar-refractivity contribution in [2.75, 3.05) is 23.8 Å². The Morgan fingerprint density at radius 1 is 1.21 bits per heavy atom. The molecule has 3 aromatic rings. The summed E-state index contributed by atoms with van der Waals surface area (Å²) in [5, 5.41) is 0. The monoisotopic (exact) mass is 397 g/mol. The minimum absolute atomic E-state index is 0.255. The molecule has 0 fully saturated rings. The Morgan fingerprint density at radius 2 is 2.00 bits per heavy atom. The molecule has 0 bridgehead atoms. The molecule has 144 valence electrons. The number of ether oxygens (including phenoxy) is 1. The van der Waals surface area contributed by atoms with Crippen LogP contribution in [-0.4, -0.2) is 29.0 Å². The van der Waals surface area contributed by atoms with Crippen LogP contribution in [0.2, 0.25) is 0 Å².